The standard InChI is InChI=1S/C14H9FN2O2S/c15-10-7-8(5-6-9(10)13(18)19)16-14-17-11-3-1-2-4-12(11)20-14/h1-7H,(H,16,17)(H,18,19). The molecule has 0 radical (unpaired) electrons. The van der Waals surface area contributed by atoms with E-state index >= 15 is 0 Å². The Hall–Kier alpha value is -2.47. The minimum Gasteiger partial charge on any atom is -0.478 e. The summed E-state index contributed by atoms with van der Waals surface area (Å²) >= 11 is 1.45. The van der Waals surface area contributed by atoms with Crippen molar-refractivity contribution in [2.75, 3.05) is 5.32 Å². The zero-order valence-corrected chi connectivity index (χ0v) is 10.9. The average molecular weight is 288 g/mol. The largest absolute Gasteiger partial charge is 0.478 e. The first-order chi connectivity index (χ1) is 9.63. The molecule has 0 aliphatic rings. The lowest BCUT2D eigenvalue weighted by Gasteiger charge is -2.03. The molecule has 0 atom stereocenters. The van der Waals surface area contributed by atoms with Crippen molar-refractivity contribution in [3.05, 3.63) is 53.8 Å². The summed E-state index contributed by atoms with van der Waals surface area (Å²) in [6.45, 7) is 0. The van der Waals surface area contributed by atoms with Crippen LogP contribution in [-0.4, -0.2) is 16.1 Å². The van der Waals surface area contributed by atoms with Crippen LogP contribution in [-0.2, 0) is 0 Å². The van der Waals surface area contributed by atoms with Crippen molar-refractivity contribution in [3.8, 4) is 0 Å². The van der Waals surface area contributed by atoms with E-state index in [1.807, 2.05) is 24.3 Å². The van der Waals surface area contributed by atoms with Crippen LogP contribution in [0.15, 0.2) is 42.5 Å². The van der Waals surface area contributed by atoms with Crippen LogP contribution in [0.4, 0.5) is 15.2 Å². The molecular formula is C14H9FN2O2S. The molecule has 0 saturated heterocycles. The molecule has 1 aromatic heterocycles. The smallest absolute Gasteiger partial charge is 0.338 e. The van der Waals surface area contributed by atoms with Gasteiger partial charge in [0.15, 0.2) is 5.13 Å². The van der Waals surface area contributed by atoms with Crippen LogP contribution in [0.1, 0.15) is 10.4 Å². The van der Waals surface area contributed by atoms with E-state index < -0.39 is 11.8 Å². The fourth-order valence-electron chi connectivity index (χ4n) is 1.82. The predicted octanol–water partition coefficient (Wildman–Crippen LogP) is 3.88. The van der Waals surface area contributed by atoms with Gasteiger partial charge < -0.3 is 10.4 Å². The molecule has 0 amide bonds. The average Bonchev–Trinajstić information content (AvgIpc) is 2.80. The number of hydrogen-bond donors (Lipinski definition) is 2. The molecule has 0 bridgehead atoms. The number of para-hydroxylation sites is 1. The number of benzene rings is 2. The van der Waals surface area contributed by atoms with E-state index in [1.54, 1.807) is 0 Å². The fraction of sp³-hybridized carbons (Fsp3) is 0. The first-order valence-corrected chi connectivity index (χ1v) is 6.60. The number of aromatic carboxylic acids is 1. The van der Waals surface area contributed by atoms with Gasteiger partial charge in [-0.15, -0.1) is 0 Å². The van der Waals surface area contributed by atoms with Crippen molar-refractivity contribution in [2.24, 2.45) is 0 Å². The summed E-state index contributed by atoms with van der Waals surface area (Å²) in [7, 11) is 0. The minimum atomic E-state index is -1.28. The summed E-state index contributed by atoms with van der Waals surface area (Å²) in [6.07, 6.45) is 0. The van der Waals surface area contributed by atoms with E-state index in [0.717, 1.165) is 16.3 Å². The molecule has 6 heteroatoms. The quantitative estimate of drug-likeness (QED) is 0.767. The number of rotatable bonds is 3. The van der Waals surface area contributed by atoms with Crippen molar-refractivity contribution >= 4 is 38.3 Å². The van der Waals surface area contributed by atoms with Gasteiger partial charge in [-0.1, -0.05) is 23.5 Å². The van der Waals surface area contributed by atoms with Gasteiger partial charge in [-0.3, -0.25) is 0 Å². The predicted molar refractivity (Wildman–Crippen MR) is 76.3 cm³/mol. The van der Waals surface area contributed by atoms with Crippen LogP contribution >= 0.6 is 11.3 Å². The Morgan fingerprint density at radius 2 is 2.05 bits per heavy atom. The number of carbonyl (C=O) groups is 1. The number of nitrogens with zero attached hydrogens (tertiary/aromatic N) is 1. The molecular weight excluding hydrogens is 279 g/mol. The molecule has 0 aliphatic carbocycles. The highest BCUT2D eigenvalue weighted by molar-refractivity contribution is 7.22. The highest BCUT2D eigenvalue weighted by Crippen LogP contribution is 2.28. The summed E-state index contributed by atoms with van der Waals surface area (Å²) in [5.74, 6) is -2.06. The van der Waals surface area contributed by atoms with Crippen LogP contribution in [0.5, 0.6) is 0 Å². The summed E-state index contributed by atoms with van der Waals surface area (Å²) in [4.78, 5) is 15.1. The van der Waals surface area contributed by atoms with E-state index in [9.17, 15) is 9.18 Å². The topological polar surface area (TPSA) is 62.2 Å². The van der Waals surface area contributed by atoms with Crippen LogP contribution in [0, 0.1) is 5.82 Å². The maximum atomic E-state index is 13.6. The third kappa shape index (κ3) is 2.33. The van der Waals surface area contributed by atoms with Crippen LogP contribution in [0.25, 0.3) is 10.2 Å². The Morgan fingerprint density at radius 3 is 2.75 bits per heavy atom. The lowest BCUT2D eigenvalue weighted by Crippen LogP contribution is -2.01. The number of nitrogens with one attached hydrogen (secondary N) is 1. The Bertz CT molecular complexity index is 768. The SMILES string of the molecule is O=C(O)c1ccc(Nc2nc3ccccc3s2)cc1F. The Labute approximate surface area is 117 Å². The zero-order chi connectivity index (χ0) is 14.1. The van der Waals surface area contributed by atoms with Gasteiger partial charge in [0.2, 0.25) is 0 Å². The molecule has 0 unspecified atom stereocenters. The van der Waals surface area contributed by atoms with Gasteiger partial charge in [-0.05, 0) is 30.3 Å². The molecule has 0 saturated carbocycles. The molecule has 2 N–H and O–H groups in total. The van der Waals surface area contributed by atoms with E-state index in [-0.39, 0.29) is 5.56 Å². The maximum absolute atomic E-state index is 13.6. The van der Waals surface area contributed by atoms with Crippen molar-refractivity contribution in [1.29, 1.82) is 0 Å². The summed E-state index contributed by atoms with van der Waals surface area (Å²) in [5.41, 5.74) is 0.981. The maximum Gasteiger partial charge on any atom is 0.338 e. The monoisotopic (exact) mass is 288 g/mol. The second kappa shape index (κ2) is 4.90. The van der Waals surface area contributed by atoms with E-state index in [2.05, 4.69) is 10.3 Å². The number of fused-ring (bicyclic) bond motifs is 1. The van der Waals surface area contributed by atoms with Gasteiger partial charge in [0, 0.05) is 5.69 Å². The van der Waals surface area contributed by atoms with E-state index in [1.165, 1.54) is 23.5 Å². The summed E-state index contributed by atoms with van der Waals surface area (Å²) in [6, 6.07) is 11.6. The van der Waals surface area contributed by atoms with Crippen molar-refractivity contribution in [3.63, 3.8) is 0 Å². The normalized spacial score (nSPS) is 10.7. The first kappa shape index (κ1) is 12.6. The second-order valence-electron chi connectivity index (χ2n) is 4.11. The highest BCUT2D eigenvalue weighted by atomic mass is 32.1. The van der Waals surface area contributed by atoms with Gasteiger partial charge in [0.05, 0.1) is 15.8 Å². The molecule has 20 heavy (non-hydrogen) atoms. The van der Waals surface area contributed by atoms with E-state index in [4.69, 9.17) is 5.11 Å². The van der Waals surface area contributed by atoms with Crippen LogP contribution in [0.2, 0.25) is 0 Å². The van der Waals surface area contributed by atoms with Crippen LogP contribution < -0.4 is 5.32 Å². The Kier molecular flexibility index (Phi) is 3.08. The molecule has 3 rings (SSSR count). The molecule has 0 aliphatic heterocycles. The van der Waals surface area contributed by atoms with E-state index in [0.29, 0.717) is 10.8 Å². The fourth-order valence-corrected chi connectivity index (χ4v) is 2.70. The number of carboxylic acids is 1. The summed E-state index contributed by atoms with van der Waals surface area (Å²) < 4.78 is 14.6. The van der Waals surface area contributed by atoms with Crippen LogP contribution in [0.3, 0.4) is 0 Å². The number of carboxylic acid groups (broad SMARTS) is 1. The highest BCUT2D eigenvalue weighted by Gasteiger charge is 2.11. The molecule has 4 nitrogen and oxygen atoms in total. The molecule has 1 heterocycles. The van der Waals surface area contributed by atoms with Gasteiger partial charge in [-0.25, -0.2) is 14.2 Å². The van der Waals surface area contributed by atoms with Gasteiger partial charge in [0.1, 0.15) is 5.82 Å². The number of hydrogen-bond acceptors (Lipinski definition) is 4. The molecule has 100 valence electrons. The Balaban J connectivity index is 1.90. The number of anilines is 2. The first-order valence-electron chi connectivity index (χ1n) is 5.79. The Morgan fingerprint density at radius 1 is 1.25 bits per heavy atom. The lowest BCUT2D eigenvalue weighted by molar-refractivity contribution is 0.0692. The third-order valence-electron chi connectivity index (χ3n) is 2.74. The second-order valence-corrected chi connectivity index (χ2v) is 5.14. The van der Waals surface area contributed by atoms with Gasteiger partial charge in [-0.2, -0.15) is 0 Å². The molecule has 3 aromatic rings. The molecule has 0 spiro atoms. The number of aromatic nitrogens is 1. The van der Waals surface area contributed by atoms with Crippen molar-refractivity contribution < 1.29 is 14.3 Å². The number of thiazole rings is 1. The number of halogens is 1. The zero-order valence-electron chi connectivity index (χ0n) is 10.1. The lowest BCUT2D eigenvalue weighted by atomic mass is 10.2. The van der Waals surface area contributed by atoms with Crippen molar-refractivity contribution in [1.82, 2.24) is 4.98 Å². The molecule has 2 aromatic carbocycles. The third-order valence-corrected chi connectivity index (χ3v) is 3.70. The summed E-state index contributed by atoms with van der Waals surface area (Å²) in [5, 5.41) is 12.4. The minimum absolute atomic E-state index is 0.347. The van der Waals surface area contributed by atoms with Gasteiger partial charge >= 0.3 is 5.97 Å². The van der Waals surface area contributed by atoms with Crippen molar-refractivity contribution in [2.45, 2.75) is 0 Å². The van der Waals surface area contributed by atoms with Gasteiger partial charge in [0.25, 0.3) is 0 Å². The molecule has 0 fully saturated rings.